The number of rotatable bonds is 0. The van der Waals surface area contributed by atoms with Crippen molar-refractivity contribution in [1.82, 2.24) is 0 Å². The second-order valence-electron chi connectivity index (χ2n) is 9.42. The van der Waals surface area contributed by atoms with Crippen LogP contribution in [0.4, 0.5) is 0 Å². The van der Waals surface area contributed by atoms with Crippen molar-refractivity contribution >= 4 is 0 Å². The zero-order chi connectivity index (χ0) is 16.2. The van der Waals surface area contributed by atoms with E-state index >= 15 is 0 Å². The van der Waals surface area contributed by atoms with Gasteiger partial charge >= 0.3 is 0 Å². The van der Waals surface area contributed by atoms with Crippen LogP contribution in [0.25, 0.3) is 0 Å². The predicted octanol–water partition coefficient (Wildman–Crippen LogP) is 2.94. The second kappa shape index (κ2) is 4.28. The Balaban J connectivity index is 1.36. The first-order valence-corrected chi connectivity index (χ1v) is 9.89. The van der Waals surface area contributed by atoms with E-state index in [2.05, 4.69) is 13.0 Å². The van der Waals surface area contributed by atoms with Crippen LogP contribution in [0.3, 0.4) is 0 Å². The summed E-state index contributed by atoms with van der Waals surface area (Å²) in [6, 6.07) is 0. The molecular weight excluding hydrogens is 304 g/mol. The first-order valence-electron chi connectivity index (χ1n) is 9.89. The molecule has 6 aliphatic rings. The Morgan fingerprint density at radius 3 is 2.75 bits per heavy atom. The van der Waals surface area contributed by atoms with Gasteiger partial charge in [0, 0.05) is 18.3 Å². The number of allylic oxidation sites excluding steroid dienone is 1. The number of ether oxygens (including phenoxy) is 3. The highest BCUT2D eigenvalue weighted by molar-refractivity contribution is 5.43. The molecule has 4 heteroatoms. The molecule has 2 saturated heterocycles. The summed E-state index contributed by atoms with van der Waals surface area (Å²) in [4.78, 5) is 0. The summed E-state index contributed by atoms with van der Waals surface area (Å²) in [5.74, 6) is 0.898. The quantitative estimate of drug-likeness (QED) is 0.547. The Bertz CT molecular complexity index is 623. The van der Waals surface area contributed by atoms with Gasteiger partial charge in [0.2, 0.25) is 0 Å². The fraction of sp³-hybridized carbons (Fsp3) is 0.900. The van der Waals surface area contributed by atoms with Crippen LogP contribution in [0, 0.1) is 17.3 Å². The number of hydrogen-bond donors (Lipinski definition) is 1. The van der Waals surface area contributed by atoms with E-state index < -0.39 is 0 Å². The van der Waals surface area contributed by atoms with Gasteiger partial charge in [0.25, 0.3) is 0 Å². The van der Waals surface area contributed by atoms with Gasteiger partial charge in [-0.3, -0.25) is 0 Å². The standard InChI is InChI=1S/C20H28O4/c1-17-6-5-15-13(14(17)2-3-16(17)21)4-7-18-12-19(22-10-11-23-19)8-9-20(15,18)24-18/h5,13-14,16,21H,2-4,6-12H2,1H3/t13?,14?,16?,17-,18+,20+/m0/s1. The van der Waals surface area contributed by atoms with Crippen molar-refractivity contribution in [1.29, 1.82) is 0 Å². The smallest absolute Gasteiger partial charge is 0.171 e. The molecule has 2 aliphatic heterocycles. The molecule has 0 aromatic heterocycles. The van der Waals surface area contributed by atoms with E-state index in [1.165, 1.54) is 12.8 Å². The van der Waals surface area contributed by atoms with Crippen LogP contribution in [0.5, 0.6) is 0 Å². The third-order valence-corrected chi connectivity index (χ3v) is 8.62. The Labute approximate surface area is 143 Å². The zero-order valence-corrected chi connectivity index (χ0v) is 14.6. The summed E-state index contributed by atoms with van der Waals surface area (Å²) in [5, 5.41) is 10.5. The molecule has 4 nitrogen and oxygen atoms in total. The summed E-state index contributed by atoms with van der Waals surface area (Å²) in [7, 11) is 0. The molecule has 6 rings (SSSR count). The van der Waals surface area contributed by atoms with E-state index in [9.17, 15) is 5.11 Å². The van der Waals surface area contributed by atoms with E-state index in [1.807, 2.05) is 0 Å². The minimum absolute atomic E-state index is 0.0225. The minimum Gasteiger partial charge on any atom is -0.393 e. The lowest BCUT2D eigenvalue weighted by atomic mass is 9.54. The normalized spacial score (nSPS) is 56.9. The van der Waals surface area contributed by atoms with E-state index in [0.29, 0.717) is 11.8 Å². The lowest BCUT2D eigenvalue weighted by Gasteiger charge is -2.49. The summed E-state index contributed by atoms with van der Waals surface area (Å²) < 4.78 is 18.6. The summed E-state index contributed by atoms with van der Waals surface area (Å²) in [6.45, 7) is 3.77. The van der Waals surface area contributed by atoms with Crippen molar-refractivity contribution < 1.29 is 19.3 Å². The zero-order valence-electron chi connectivity index (χ0n) is 14.6. The first-order chi connectivity index (χ1) is 11.5. The minimum atomic E-state index is -0.361. The SMILES string of the molecule is C[C@]12CC=C3C(CC[C@@]45CC6(CC[C@@]34O5)OCCO6)C1CCC2O. The van der Waals surface area contributed by atoms with Gasteiger partial charge in [-0.25, -0.2) is 0 Å². The molecule has 1 N–H and O–H groups in total. The van der Waals surface area contributed by atoms with Crippen LogP contribution in [0.1, 0.15) is 58.3 Å². The molecule has 5 fully saturated rings. The van der Waals surface area contributed by atoms with Crippen molar-refractivity contribution in [2.45, 2.75) is 81.4 Å². The van der Waals surface area contributed by atoms with Gasteiger partial charge in [-0.15, -0.1) is 0 Å². The molecule has 1 spiro atoms. The molecule has 132 valence electrons. The monoisotopic (exact) mass is 332 g/mol. The third kappa shape index (κ3) is 1.52. The summed E-state index contributed by atoms with van der Waals surface area (Å²) in [5.41, 5.74) is 1.62. The van der Waals surface area contributed by atoms with Crippen molar-refractivity contribution in [3.8, 4) is 0 Å². The lowest BCUT2D eigenvalue weighted by Crippen LogP contribution is -2.52. The van der Waals surface area contributed by atoms with Gasteiger partial charge in [-0.2, -0.15) is 0 Å². The Morgan fingerprint density at radius 2 is 1.92 bits per heavy atom. The molecule has 0 aromatic carbocycles. The van der Waals surface area contributed by atoms with Crippen LogP contribution < -0.4 is 0 Å². The van der Waals surface area contributed by atoms with Gasteiger partial charge in [0.15, 0.2) is 5.79 Å². The van der Waals surface area contributed by atoms with E-state index in [1.54, 1.807) is 5.57 Å². The average molecular weight is 332 g/mol. The second-order valence-corrected chi connectivity index (χ2v) is 9.42. The maximum atomic E-state index is 10.5. The fourth-order valence-electron chi connectivity index (χ4n) is 7.31. The highest BCUT2D eigenvalue weighted by Gasteiger charge is 2.79. The Morgan fingerprint density at radius 1 is 1.08 bits per heavy atom. The maximum Gasteiger partial charge on any atom is 0.171 e. The number of hydrogen-bond acceptors (Lipinski definition) is 4. The molecule has 2 heterocycles. The van der Waals surface area contributed by atoms with E-state index in [-0.39, 0.29) is 28.5 Å². The molecule has 0 bridgehead atoms. The molecule has 3 saturated carbocycles. The molecule has 0 amide bonds. The lowest BCUT2D eigenvalue weighted by molar-refractivity contribution is -0.185. The molecule has 0 aromatic rings. The molecular formula is C20H28O4. The van der Waals surface area contributed by atoms with Crippen molar-refractivity contribution in [2.75, 3.05) is 13.2 Å². The number of aliphatic hydroxyl groups is 1. The highest BCUT2D eigenvalue weighted by Crippen LogP contribution is 2.73. The van der Waals surface area contributed by atoms with E-state index in [0.717, 1.165) is 51.7 Å². The summed E-state index contributed by atoms with van der Waals surface area (Å²) in [6.07, 6.45) is 10.8. The van der Waals surface area contributed by atoms with Crippen molar-refractivity contribution in [3.63, 3.8) is 0 Å². The Hall–Kier alpha value is -0.420. The topological polar surface area (TPSA) is 51.2 Å². The molecule has 6 atom stereocenters. The van der Waals surface area contributed by atoms with E-state index in [4.69, 9.17) is 14.2 Å². The average Bonchev–Trinajstić information content (AvgIpc) is 2.88. The van der Waals surface area contributed by atoms with Gasteiger partial charge < -0.3 is 19.3 Å². The van der Waals surface area contributed by atoms with Crippen LogP contribution in [-0.2, 0) is 14.2 Å². The largest absolute Gasteiger partial charge is 0.393 e. The Kier molecular flexibility index (Phi) is 2.62. The molecule has 0 radical (unpaired) electrons. The van der Waals surface area contributed by atoms with Crippen LogP contribution in [0.15, 0.2) is 11.6 Å². The number of epoxide rings is 1. The van der Waals surface area contributed by atoms with Gasteiger partial charge in [0.05, 0.1) is 19.3 Å². The van der Waals surface area contributed by atoms with Crippen LogP contribution >= 0.6 is 0 Å². The van der Waals surface area contributed by atoms with Crippen LogP contribution in [-0.4, -0.2) is 41.4 Å². The van der Waals surface area contributed by atoms with Gasteiger partial charge in [-0.05, 0) is 55.9 Å². The molecule has 4 aliphatic carbocycles. The highest BCUT2D eigenvalue weighted by atomic mass is 16.7. The van der Waals surface area contributed by atoms with Crippen LogP contribution in [0.2, 0.25) is 0 Å². The fourth-order valence-corrected chi connectivity index (χ4v) is 7.31. The predicted molar refractivity (Wildman–Crippen MR) is 87.3 cm³/mol. The van der Waals surface area contributed by atoms with Crippen molar-refractivity contribution in [2.24, 2.45) is 17.3 Å². The van der Waals surface area contributed by atoms with Crippen molar-refractivity contribution in [3.05, 3.63) is 11.6 Å². The third-order valence-electron chi connectivity index (χ3n) is 8.62. The first kappa shape index (κ1) is 14.7. The number of aliphatic hydroxyl groups excluding tert-OH is 1. The van der Waals surface area contributed by atoms with Gasteiger partial charge in [-0.1, -0.05) is 13.0 Å². The summed E-state index contributed by atoms with van der Waals surface area (Å²) >= 11 is 0. The molecule has 24 heavy (non-hydrogen) atoms. The van der Waals surface area contributed by atoms with Gasteiger partial charge in [0.1, 0.15) is 11.2 Å². The molecule has 3 unspecified atom stereocenters. The number of fused-ring (bicyclic) bond motifs is 3. The maximum absolute atomic E-state index is 10.5.